The minimum Gasteiger partial charge on any atom is -0.388 e. The Kier molecular flexibility index (Phi) is 4.61. The second kappa shape index (κ2) is 7.08. The number of carbonyl (C=O) groups is 1. The summed E-state index contributed by atoms with van der Waals surface area (Å²) in [5, 5.41) is 14.9. The maximum absolute atomic E-state index is 12.8. The molecule has 3 heterocycles. The first-order chi connectivity index (χ1) is 13.0. The van der Waals surface area contributed by atoms with Crippen LogP contribution in [0, 0.1) is 19.8 Å². The van der Waals surface area contributed by atoms with Crippen molar-refractivity contribution in [2.24, 2.45) is 5.92 Å². The zero-order valence-corrected chi connectivity index (χ0v) is 15.5. The lowest BCUT2D eigenvalue weighted by Crippen LogP contribution is -2.40. The molecule has 27 heavy (non-hydrogen) atoms. The number of aryl methyl sites for hydroxylation is 2. The summed E-state index contributed by atoms with van der Waals surface area (Å²) >= 11 is 0. The maximum Gasteiger partial charge on any atom is 0.293 e. The molecule has 0 radical (unpaired) electrons. The summed E-state index contributed by atoms with van der Waals surface area (Å²) in [4.78, 5) is 23.2. The van der Waals surface area contributed by atoms with E-state index in [0.29, 0.717) is 18.9 Å². The summed E-state index contributed by atoms with van der Waals surface area (Å²) in [6.07, 6.45) is 1.02. The Morgan fingerprint density at radius 1 is 1.15 bits per heavy atom. The molecule has 1 aliphatic heterocycles. The third-order valence-corrected chi connectivity index (χ3v) is 5.22. The van der Waals surface area contributed by atoms with Crippen LogP contribution in [0.15, 0.2) is 36.4 Å². The summed E-state index contributed by atoms with van der Waals surface area (Å²) in [5.41, 5.74) is 2.68. The van der Waals surface area contributed by atoms with Gasteiger partial charge in [0.2, 0.25) is 5.82 Å². The second-order valence-corrected chi connectivity index (χ2v) is 7.17. The van der Waals surface area contributed by atoms with Crippen LogP contribution in [-0.4, -0.2) is 48.6 Å². The third-order valence-electron chi connectivity index (χ3n) is 5.22. The van der Waals surface area contributed by atoms with Crippen molar-refractivity contribution in [3.8, 4) is 0 Å². The minimum atomic E-state index is -0.494. The van der Waals surface area contributed by atoms with Crippen LogP contribution in [0.4, 0.5) is 0 Å². The van der Waals surface area contributed by atoms with Crippen molar-refractivity contribution in [2.45, 2.75) is 32.8 Å². The number of rotatable bonds is 3. The second-order valence-electron chi connectivity index (χ2n) is 7.17. The molecule has 0 bridgehead atoms. The summed E-state index contributed by atoms with van der Waals surface area (Å²) in [6.45, 7) is 5.00. The first-order valence-electron chi connectivity index (χ1n) is 9.26. The van der Waals surface area contributed by atoms with Crippen LogP contribution in [0.2, 0.25) is 0 Å². The number of aliphatic hydroxyl groups excluding tert-OH is 1. The van der Waals surface area contributed by atoms with Crippen LogP contribution >= 0.6 is 0 Å². The average Bonchev–Trinajstić information content (AvgIpc) is 3.12. The van der Waals surface area contributed by atoms with E-state index in [1.165, 1.54) is 0 Å². The summed E-state index contributed by atoms with van der Waals surface area (Å²) in [6, 6.07) is 11.6. The van der Waals surface area contributed by atoms with Crippen molar-refractivity contribution in [1.82, 2.24) is 24.5 Å². The quantitative estimate of drug-likeness (QED) is 0.770. The molecule has 1 aliphatic rings. The van der Waals surface area contributed by atoms with Crippen molar-refractivity contribution < 1.29 is 9.90 Å². The molecule has 7 heteroatoms. The normalized spacial score (nSPS) is 16.6. The Morgan fingerprint density at radius 2 is 1.85 bits per heavy atom. The molecule has 1 amide bonds. The SMILES string of the molecule is Cc1cc(C)n2nc(C(=O)N3CCC(C(O)c4ccccc4)CC3)nc2n1. The minimum absolute atomic E-state index is 0.150. The largest absolute Gasteiger partial charge is 0.388 e. The van der Waals surface area contributed by atoms with Gasteiger partial charge < -0.3 is 10.0 Å². The van der Waals surface area contributed by atoms with Gasteiger partial charge in [0.15, 0.2) is 0 Å². The van der Waals surface area contributed by atoms with Gasteiger partial charge in [-0.05, 0) is 44.2 Å². The highest BCUT2D eigenvalue weighted by Crippen LogP contribution is 2.30. The lowest BCUT2D eigenvalue weighted by Gasteiger charge is -2.33. The van der Waals surface area contributed by atoms with Crippen LogP contribution in [0.25, 0.3) is 5.78 Å². The van der Waals surface area contributed by atoms with Gasteiger partial charge in [0.1, 0.15) is 0 Å². The Labute approximate surface area is 157 Å². The fraction of sp³-hybridized carbons (Fsp3) is 0.400. The maximum atomic E-state index is 12.8. The molecule has 1 fully saturated rings. The molecule has 1 atom stereocenters. The molecule has 1 aromatic carbocycles. The lowest BCUT2D eigenvalue weighted by atomic mass is 9.87. The van der Waals surface area contributed by atoms with Crippen LogP contribution in [0.3, 0.4) is 0 Å². The molecular formula is C20H23N5O2. The first kappa shape index (κ1) is 17.6. The molecular weight excluding hydrogens is 342 g/mol. The van der Waals surface area contributed by atoms with Crippen LogP contribution in [0.1, 0.15) is 46.5 Å². The van der Waals surface area contributed by atoms with E-state index >= 15 is 0 Å². The molecule has 7 nitrogen and oxygen atoms in total. The molecule has 1 N–H and O–H groups in total. The van der Waals surface area contributed by atoms with E-state index in [4.69, 9.17) is 0 Å². The van der Waals surface area contributed by atoms with E-state index < -0.39 is 6.10 Å². The molecule has 3 aromatic rings. The van der Waals surface area contributed by atoms with Gasteiger partial charge in [-0.15, -0.1) is 5.10 Å². The van der Waals surface area contributed by atoms with Crippen molar-refractivity contribution in [1.29, 1.82) is 0 Å². The van der Waals surface area contributed by atoms with Gasteiger partial charge in [-0.1, -0.05) is 30.3 Å². The summed E-state index contributed by atoms with van der Waals surface area (Å²) in [5.74, 6) is 0.603. The highest BCUT2D eigenvalue weighted by molar-refractivity contribution is 5.91. The number of piperidine rings is 1. The predicted molar refractivity (Wildman–Crippen MR) is 100 cm³/mol. The van der Waals surface area contributed by atoms with E-state index in [-0.39, 0.29) is 17.6 Å². The predicted octanol–water partition coefficient (Wildman–Crippen LogP) is 2.33. The Morgan fingerprint density at radius 3 is 2.56 bits per heavy atom. The van der Waals surface area contributed by atoms with Gasteiger partial charge >= 0.3 is 0 Å². The Balaban J connectivity index is 1.45. The molecule has 0 saturated carbocycles. The number of aliphatic hydroxyl groups is 1. The Bertz CT molecular complexity index is 961. The van der Waals surface area contributed by atoms with Gasteiger partial charge in [-0.25, -0.2) is 9.50 Å². The molecule has 140 valence electrons. The van der Waals surface area contributed by atoms with Gasteiger partial charge in [0.25, 0.3) is 11.7 Å². The van der Waals surface area contributed by atoms with E-state index in [2.05, 4.69) is 15.1 Å². The molecule has 2 aromatic heterocycles. The monoisotopic (exact) mass is 365 g/mol. The number of likely N-dealkylation sites (tertiary alicyclic amines) is 1. The topological polar surface area (TPSA) is 83.6 Å². The third kappa shape index (κ3) is 3.42. The number of benzene rings is 1. The van der Waals surface area contributed by atoms with Crippen molar-refractivity contribution >= 4 is 11.7 Å². The number of nitrogens with zero attached hydrogens (tertiary/aromatic N) is 5. The molecule has 0 aliphatic carbocycles. The van der Waals surface area contributed by atoms with E-state index in [9.17, 15) is 9.90 Å². The number of carbonyl (C=O) groups excluding carboxylic acids is 1. The number of hydrogen-bond donors (Lipinski definition) is 1. The zero-order chi connectivity index (χ0) is 19.0. The van der Waals surface area contributed by atoms with E-state index in [0.717, 1.165) is 29.8 Å². The van der Waals surface area contributed by atoms with Crippen LogP contribution in [-0.2, 0) is 0 Å². The molecule has 1 saturated heterocycles. The van der Waals surface area contributed by atoms with Gasteiger partial charge in [-0.3, -0.25) is 4.79 Å². The van der Waals surface area contributed by atoms with Gasteiger partial charge in [-0.2, -0.15) is 4.98 Å². The first-order valence-corrected chi connectivity index (χ1v) is 9.26. The van der Waals surface area contributed by atoms with Crippen molar-refractivity contribution in [2.75, 3.05) is 13.1 Å². The number of amides is 1. The fourth-order valence-electron chi connectivity index (χ4n) is 3.74. The zero-order valence-electron chi connectivity index (χ0n) is 15.5. The van der Waals surface area contributed by atoms with Crippen LogP contribution in [0.5, 0.6) is 0 Å². The van der Waals surface area contributed by atoms with Gasteiger partial charge in [0.05, 0.1) is 6.10 Å². The standard InChI is InChI=1S/C20H23N5O2/c1-13-12-14(2)25-20(21-13)22-18(23-25)19(27)24-10-8-16(9-11-24)17(26)15-6-4-3-5-7-15/h3-7,12,16-17,26H,8-11H2,1-2H3. The lowest BCUT2D eigenvalue weighted by molar-refractivity contribution is 0.0455. The van der Waals surface area contributed by atoms with Crippen molar-refractivity contribution in [3.05, 3.63) is 59.2 Å². The molecule has 0 spiro atoms. The van der Waals surface area contributed by atoms with Crippen molar-refractivity contribution in [3.63, 3.8) is 0 Å². The van der Waals surface area contributed by atoms with Crippen LogP contribution < -0.4 is 0 Å². The Hall–Kier alpha value is -2.80. The van der Waals surface area contributed by atoms with E-state index in [1.807, 2.05) is 50.2 Å². The highest BCUT2D eigenvalue weighted by Gasteiger charge is 2.30. The highest BCUT2D eigenvalue weighted by atomic mass is 16.3. The smallest absolute Gasteiger partial charge is 0.293 e. The molecule has 4 rings (SSSR count). The fourth-order valence-corrected chi connectivity index (χ4v) is 3.74. The molecule has 1 unspecified atom stereocenters. The van der Waals surface area contributed by atoms with E-state index in [1.54, 1.807) is 9.42 Å². The average molecular weight is 365 g/mol. The summed E-state index contributed by atoms with van der Waals surface area (Å²) < 4.78 is 1.60. The number of aromatic nitrogens is 4. The number of hydrogen-bond acceptors (Lipinski definition) is 5. The number of fused-ring (bicyclic) bond motifs is 1. The summed E-state index contributed by atoms with van der Waals surface area (Å²) in [7, 11) is 0. The van der Waals surface area contributed by atoms with Gasteiger partial charge in [0, 0.05) is 24.5 Å².